The number of ether oxygens (including phenoxy) is 2. The highest BCUT2D eigenvalue weighted by Crippen LogP contribution is 2.27. The second kappa shape index (κ2) is 13.1. The van der Waals surface area contributed by atoms with E-state index in [4.69, 9.17) is 9.47 Å². The Bertz CT molecular complexity index is 1030. The van der Waals surface area contributed by atoms with Crippen molar-refractivity contribution in [2.75, 3.05) is 31.2 Å². The summed E-state index contributed by atoms with van der Waals surface area (Å²) >= 11 is 0. The molecule has 10 nitrogen and oxygen atoms in total. The summed E-state index contributed by atoms with van der Waals surface area (Å²) in [6.07, 6.45) is -2.41. The van der Waals surface area contributed by atoms with Crippen LogP contribution in [0.15, 0.2) is 34.5 Å². The summed E-state index contributed by atoms with van der Waals surface area (Å²) in [5, 5.41) is 28.7. The molecule has 0 bridgehead atoms. The fourth-order valence-corrected chi connectivity index (χ4v) is 2.90. The van der Waals surface area contributed by atoms with Crippen LogP contribution in [0, 0.1) is 40.9 Å². The summed E-state index contributed by atoms with van der Waals surface area (Å²) in [6, 6.07) is 10.4. The topological polar surface area (TPSA) is 143 Å². The predicted octanol–water partition coefficient (Wildman–Crippen LogP) is 4.35. The van der Waals surface area contributed by atoms with Gasteiger partial charge in [-0.05, 0) is 58.4 Å². The van der Waals surface area contributed by atoms with Crippen molar-refractivity contribution in [1.82, 2.24) is 4.90 Å². The number of aliphatic imine (C=N–C) groups is 1. The van der Waals surface area contributed by atoms with Gasteiger partial charge >= 0.3 is 12.2 Å². The van der Waals surface area contributed by atoms with Crippen LogP contribution < -0.4 is 4.90 Å². The van der Waals surface area contributed by atoms with Gasteiger partial charge in [0.1, 0.15) is 23.9 Å². The monoisotopic (exact) mass is 450 g/mol. The maximum absolute atomic E-state index is 12.5. The van der Waals surface area contributed by atoms with E-state index < -0.39 is 29.2 Å². The molecule has 1 aromatic rings. The third kappa shape index (κ3) is 6.56. The maximum atomic E-state index is 12.5. The first kappa shape index (κ1) is 26.7. The lowest BCUT2D eigenvalue weighted by atomic mass is 10.1. The van der Waals surface area contributed by atoms with E-state index in [1.165, 1.54) is 13.8 Å². The van der Waals surface area contributed by atoms with Crippen LogP contribution in [0.5, 0.6) is 0 Å². The van der Waals surface area contributed by atoms with Crippen LogP contribution >= 0.6 is 0 Å². The minimum absolute atomic E-state index is 0.0958. The molecule has 0 saturated carbocycles. The fraction of sp³-hybridized carbons (Fsp3) is 0.391. The Kier molecular flexibility index (Phi) is 10.6. The minimum Gasteiger partial charge on any atom is -0.449 e. The van der Waals surface area contributed by atoms with Gasteiger partial charge in [0.05, 0.1) is 18.9 Å². The number of benzene rings is 1. The normalized spacial score (nSPS) is 10.2. The van der Waals surface area contributed by atoms with Crippen LogP contribution in [0.3, 0.4) is 0 Å². The Labute approximate surface area is 193 Å². The van der Waals surface area contributed by atoms with Gasteiger partial charge in [0.15, 0.2) is 11.3 Å². The van der Waals surface area contributed by atoms with E-state index >= 15 is 0 Å². The molecule has 0 fully saturated rings. The van der Waals surface area contributed by atoms with Crippen molar-refractivity contribution < 1.29 is 19.1 Å². The zero-order valence-corrected chi connectivity index (χ0v) is 19.4. The Morgan fingerprint density at radius 2 is 1.48 bits per heavy atom. The molecule has 0 spiro atoms. The summed E-state index contributed by atoms with van der Waals surface area (Å²) in [7, 11) is 0. The van der Waals surface area contributed by atoms with E-state index in [0.29, 0.717) is 16.2 Å². The molecule has 2 amide bonds. The summed E-state index contributed by atoms with van der Waals surface area (Å²) in [5.74, 6) is 0. The molecule has 0 unspecified atom stereocenters. The third-order valence-corrected chi connectivity index (χ3v) is 4.46. The quantitative estimate of drug-likeness (QED) is 0.420. The van der Waals surface area contributed by atoms with E-state index in [1.54, 1.807) is 31.2 Å². The highest BCUT2D eigenvalue weighted by molar-refractivity contribution is 6.17. The molecule has 10 heteroatoms. The van der Waals surface area contributed by atoms with Gasteiger partial charge in [-0.2, -0.15) is 20.7 Å². The number of amides is 2. The number of allylic oxidation sites excluding steroid dienone is 2. The van der Waals surface area contributed by atoms with Crippen molar-refractivity contribution in [3.63, 3.8) is 0 Å². The highest BCUT2D eigenvalue weighted by Gasteiger charge is 2.34. The predicted molar refractivity (Wildman–Crippen MR) is 122 cm³/mol. The van der Waals surface area contributed by atoms with Crippen molar-refractivity contribution >= 4 is 29.3 Å². The fourth-order valence-electron chi connectivity index (χ4n) is 2.90. The number of rotatable bonds is 8. The Balaban J connectivity index is 3.76. The van der Waals surface area contributed by atoms with Gasteiger partial charge in [0, 0.05) is 18.8 Å². The number of nitrogens with zero attached hydrogens (tertiary/aromatic N) is 6. The summed E-state index contributed by atoms with van der Waals surface area (Å²) in [4.78, 5) is 31.8. The Morgan fingerprint density at radius 1 is 0.939 bits per heavy atom. The average molecular weight is 450 g/mol. The van der Waals surface area contributed by atoms with Gasteiger partial charge in [-0.3, -0.25) is 0 Å². The van der Waals surface area contributed by atoms with Crippen LogP contribution in [0.1, 0.15) is 33.3 Å². The van der Waals surface area contributed by atoms with E-state index in [-0.39, 0.29) is 13.2 Å². The van der Waals surface area contributed by atoms with Gasteiger partial charge in [0.25, 0.3) is 0 Å². The van der Waals surface area contributed by atoms with Crippen molar-refractivity contribution in [3.05, 3.63) is 35.0 Å². The Hall–Kier alpha value is -4.36. The molecule has 172 valence electrons. The number of nitriles is 3. The van der Waals surface area contributed by atoms with Gasteiger partial charge in [-0.15, -0.1) is 0 Å². The van der Waals surface area contributed by atoms with Gasteiger partial charge in [-0.25, -0.2) is 14.6 Å². The number of hydrogen-bond donors (Lipinski definition) is 0. The molecular formula is C23H26N6O4. The molecule has 0 aliphatic rings. The first-order valence-corrected chi connectivity index (χ1v) is 10.4. The molecule has 0 aliphatic heterocycles. The van der Waals surface area contributed by atoms with Crippen LogP contribution in [0.2, 0.25) is 0 Å². The molecule has 0 N–H and O–H groups in total. The molecule has 0 heterocycles. The smallest absolute Gasteiger partial charge is 0.424 e. The first-order valence-electron chi connectivity index (χ1n) is 10.4. The highest BCUT2D eigenvalue weighted by atomic mass is 16.6. The molecule has 33 heavy (non-hydrogen) atoms. The van der Waals surface area contributed by atoms with Crippen molar-refractivity contribution in [2.45, 2.75) is 34.6 Å². The Morgan fingerprint density at radius 3 is 1.88 bits per heavy atom. The lowest BCUT2D eigenvalue weighted by Gasteiger charge is -2.22. The zero-order valence-electron chi connectivity index (χ0n) is 19.4. The van der Waals surface area contributed by atoms with Crippen molar-refractivity contribution in [2.24, 2.45) is 4.99 Å². The average Bonchev–Trinajstić information content (AvgIpc) is 2.80. The molecular weight excluding hydrogens is 424 g/mol. The van der Waals surface area contributed by atoms with E-state index in [0.717, 1.165) is 18.8 Å². The molecule has 1 rings (SSSR count). The van der Waals surface area contributed by atoms with Crippen LogP contribution in [0.25, 0.3) is 0 Å². The molecule has 0 atom stereocenters. The number of hydrogen-bond acceptors (Lipinski definition) is 9. The van der Waals surface area contributed by atoms with Crippen molar-refractivity contribution in [1.29, 1.82) is 15.8 Å². The second-order valence-corrected chi connectivity index (χ2v) is 6.40. The van der Waals surface area contributed by atoms with E-state index in [2.05, 4.69) is 9.89 Å². The third-order valence-electron chi connectivity index (χ3n) is 4.46. The first-order chi connectivity index (χ1) is 15.8. The SMILES string of the molecule is CCOC(=O)N(C(=O)OCC)C(=C(C#N)C#N)/C(C#N)=N/c1ccc(N(CC)CC)cc1C. The maximum Gasteiger partial charge on any atom is 0.424 e. The minimum atomic E-state index is -1.20. The van der Waals surface area contributed by atoms with Gasteiger partial charge in [0.2, 0.25) is 0 Å². The summed E-state index contributed by atoms with van der Waals surface area (Å²) in [6.45, 7) is 10.3. The lowest BCUT2D eigenvalue weighted by molar-refractivity contribution is 0.0935. The zero-order chi connectivity index (χ0) is 25.0. The van der Waals surface area contributed by atoms with Crippen molar-refractivity contribution in [3.8, 4) is 18.2 Å². The van der Waals surface area contributed by atoms with Crippen LogP contribution in [-0.2, 0) is 9.47 Å². The summed E-state index contributed by atoms with van der Waals surface area (Å²) in [5.41, 5.74) is 0.261. The number of imide groups is 1. The molecule has 0 aromatic heterocycles. The lowest BCUT2D eigenvalue weighted by Crippen LogP contribution is -2.40. The summed E-state index contributed by atoms with van der Waals surface area (Å²) < 4.78 is 9.78. The standard InChI is InChI=1S/C23H26N6O4/c1-6-28(7-2)18-10-11-19(16(5)12-18)27-20(15-26)21(17(13-24)14-25)29(22(30)32-8-3)23(31)33-9-4/h10-12H,6-9H2,1-5H3/b27-20+. The number of carbonyl (C=O) groups excluding carboxylic acids is 2. The van der Waals surface area contributed by atoms with E-state index in [9.17, 15) is 25.4 Å². The van der Waals surface area contributed by atoms with Crippen LogP contribution in [-0.4, -0.2) is 49.1 Å². The van der Waals surface area contributed by atoms with Gasteiger partial charge in [-0.1, -0.05) is 0 Å². The molecule has 0 aliphatic carbocycles. The number of aryl methyl sites for hydroxylation is 1. The van der Waals surface area contributed by atoms with Gasteiger partial charge < -0.3 is 14.4 Å². The van der Waals surface area contributed by atoms with Crippen LogP contribution in [0.4, 0.5) is 21.0 Å². The molecule has 0 saturated heterocycles. The van der Waals surface area contributed by atoms with E-state index in [1.807, 2.05) is 26.0 Å². The molecule has 0 radical (unpaired) electrons. The number of carbonyl (C=O) groups is 2. The second-order valence-electron chi connectivity index (χ2n) is 6.40. The largest absolute Gasteiger partial charge is 0.449 e. The number of anilines is 1. The molecule has 1 aromatic carbocycles.